The minimum atomic E-state index is 0.165. The number of aliphatic hydroxyl groups is 1. The second-order valence-electron chi connectivity index (χ2n) is 5.04. The van der Waals surface area contributed by atoms with Gasteiger partial charge in [0.2, 0.25) is 5.91 Å². The first-order valence-corrected chi connectivity index (χ1v) is 7.62. The molecule has 0 bridgehead atoms. The third kappa shape index (κ3) is 13.5. The van der Waals surface area contributed by atoms with E-state index in [1.165, 1.54) is 57.8 Å². The Labute approximate surface area is 112 Å². The van der Waals surface area contributed by atoms with Crippen LogP contribution in [-0.4, -0.2) is 24.7 Å². The molecule has 0 aromatic heterocycles. The average molecular weight is 257 g/mol. The molecule has 3 heteroatoms. The van der Waals surface area contributed by atoms with E-state index in [9.17, 15) is 4.79 Å². The van der Waals surface area contributed by atoms with E-state index in [1.807, 2.05) is 0 Å². The molecule has 0 aliphatic rings. The molecule has 0 fully saturated rings. The molecule has 108 valence electrons. The molecule has 0 aliphatic carbocycles. The quantitative estimate of drug-likeness (QED) is 0.497. The van der Waals surface area contributed by atoms with Gasteiger partial charge in [-0.25, -0.2) is 0 Å². The number of hydrogen-bond donors (Lipinski definition) is 2. The van der Waals surface area contributed by atoms with Gasteiger partial charge >= 0.3 is 0 Å². The Balaban J connectivity index is 2.97. The Bertz CT molecular complexity index is 183. The van der Waals surface area contributed by atoms with Crippen LogP contribution in [0.2, 0.25) is 0 Å². The summed E-state index contributed by atoms with van der Waals surface area (Å²) in [5.41, 5.74) is 0. The molecule has 0 rings (SSSR count). The number of nitrogens with one attached hydrogen (secondary N) is 1. The van der Waals surface area contributed by atoms with Crippen molar-refractivity contribution in [2.75, 3.05) is 13.7 Å². The molecular formula is C15H31NO2. The number of carbonyl (C=O) groups excluding carboxylic acids is 1. The highest BCUT2D eigenvalue weighted by molar-refractivity contribution is 5.75. The molecule has 2 N–H and O–H groups in total. The van der Waals surface area contributed by atoms with Crippen molar-refractivity contribution in [2.45, 2.75) is 77.0 Å². The summed E-state index contributed by atoms with van der Waals surface area (Å²) in [5, 5.41) is 11.3. The molecule has 0 aliphatic heterocycles. The van der Waals surface area contributed by atoms with Crippen LogP contribution in [0, 0.1) is 0 Å². The Hall–Kier alpha value is -0.570. The molecule has 0 saturated heterocycles. The third-order valence-electron chi connectivity index (χ3n) is 3.34. The lowest BCUT2D eigenvalue weighted by Gasteiger charge is -2.02. The van der Waals surface area contributed by atoms with E-state index in [0.29, 0.717) is 13.0 Å². The maximum absolute atomic E-state index is 11.0. The highest BCUT2D eigenvalue weighted by Crippen LogP contribution is 2.11. The van der Waals surface area contributed by atoms with Crippen LogP contribution in [0.3, 0.4) is 0 Å². The molecule has 0 aromatic carbocycles. The maximum atomic E-state index is 11.0. The minimum absolute atomic E-state index is 0.165. The van der Waals surface area contributed by atoms with Crippen LogP contribution >= 0.6 is 0 Å². The molecule has 0 atom stereocenters. The lowest BCUT2D eigenvalue weighted by molar-refractivity contribution is -0.120. The number of hydrogen-bond acceptors (Lipinski definition) is 2. The first-order chi connectivity index (χ1) is 8.81. The molecular weight excluding hydrogens is 226 g/mol. The summed E-state index contributed by atoms with van der Waals surface area (Å²) in [7, 11) is 1.70. The van der Waals surface area contributed by atoms with E-state index in [2.05, 4.69) is 5.32 Å². The van der Waals surface area contributed by atoms with Gasteiger partial charge in [0, 0.05) is 20.1 Å². The number of amides is 1. The van der Waals surface area contributed by atoms with Gasteiger partial charge in [0.25, 0.3) is 0 Å². The van der Waals surface area contributed by atoms with Crippen molar-refractivity contribution >= 4 is 5.91 Å². The van der Waals surface area contributed by atoms with Crippen molar-refractivity contribution in [3.63, 3.8) is 0 Å². The largest absolute Gasteiger partial charge is 0.396 e. The van der Waals surface area contributed by atoms with Crippen molar-refractivity contribution in [3.8, 4) is 0 Å². The van der Waals surface area contributed by atoms with Crippen LogP contribution < -0.4 is 5.32 Å². The van der Waals surface area contributed by atoms with Gasteiger partial charge < -0.3 is 10.4 Å². The highest BCUT2D eigenvalue weighted by atomic mass is 16.2. The van der Waals surface area contributed by atoms with Crippen molar-refractivity contribution in [1.29, 1.82) is 0 Å². The second kappa shape index (κ2) is 14.5. The van der Waals surface area contributed by atoms with E-state index in [0.717, 1.165) is 12.8 Å². The standard InChI is InChI=1S/C15H31NO2/c1-16-15(18)13-11-9-7-5-3-2-4-6-8-10-12-14-17/h17H,2-14H2,1H3,(H,16,18). The normalized spacial score (nSPS) is 10.6. The first kappa shape index (κ1) is 17.4. The highest BCUT2D eigenvalue weighted by Gasteiger charge is 1.97. The monoisotopic (exact) mass is 257 g/mol. The van der Waals surface area contributed by atoms with E-state index >= 15 is 0 Å². The fourth-order valence-corrected chi connectivity index (χ4v) is 2.11. The van der Waals surface area contributed by atoms with Crippen molar-refractivity contribution < 1.29 is 9.90 Å². The smallest absolute Gasteiger partial charge is 0.219 e. The van der Waals surface area contributed by atoms with Gasteiger partial charge in [-0.1, -0.05) is 57.8 Å². The average Bonchev–Trinajstić information content (AvgIpc) is 2.39. The van der Waals surface area contributed by atoms with Crippen LogP contribution in [0.5, 0.6) is 0 Å². The van der Waals surface area contributed by atoms with Crippen LogP contribution in [0.1, 0.15) is 77.0 Å². The summed E-state index contributed by atoms with van der Waals surface area (Å²) in [6.07, 6.45) is 14.2. The lowest BCUT2D eigenvalue weighted by Crippen LogP contribution is -2.16. The van der Waals surface area contributed by atoms with Gasteiger partial charge in [0.1, 0.15) is 0 Å². The zero-order chi connectivity index (χ0) is 13.5. The molecule has 1 amide bonds. The van der Waals surface area contributed by atoms with E-state index in [-0.39, 0.29) is 5.91 Å². The summed E-state index contributed by atoms with van der Waals surface area (Å²) in [4.78, 5) is 11.0. The predicted octanol–water partition coefficient (Wildman–Crippen LogP) is 3.41. The van der Waals surface area contributed by atoms with Gasteiger partial charge in [0.05, 0.1) is 0 Å². The molecule has 3 nitrogen and oxygen atoms in total. The summed E-state index contributed by atoms with van der Waals surface area (Å²) in [5.74, 6) is 0.165. The van der Waals surface area contributed by atoms with E-state index in [4.69, 9.17) is 5.11 Å². The Morgan fingerprint density at radius 2 is 1.17 bits per heavy atom. The molecule has 18 heavy (non-hydrogen) atoms. The van der Waals surface area contributed by atoms with Gasteiger partial charge in [-0.05, 0) is 12.8 Å². The van der Waals surface area contributed by atoms with E-state index < -0.39 is 0 Å². The van der Waals surface area contributed by atoms with Crippen LogP contribution in [0.15, 0.2) is 0 Å². The molecule has 0 radical (unpaired) electrons. The number of unbranched alkanes of at least 4 members (excludes halogenated alkanes) is 10. The summed E-state index contributed by atoms with van der Waals surface area (Å²) >= 11 is 0. The van der Waals surface area contributed by atoms with Crippen LogP contribution in [0.25, 0.3) is 0 Å². The van der Waals surface area contributed by atoms with Crippen molar-refractivity contribution in [2.24, 2.45) is 0 Å². The zero-order valence-electron chi connectivity index (χ0n) is 12.0. The number of aliphatic hydroxyl groups excluding tert-OH is 1. The molecule has 0 spiro atoms. The third-order valence-corrected chi connectivity index (χ3v) is 3.34. The SMILES string of the molecule is CNC(=O)CCCCCCCCCCCCCO. The number of carbonyl (C=O) groups is 1. The first-order valence-electron chi connectivity index (χ1n) is 7.62. The Morgan fingerprint density at radius 1 is 0.778 bits per heavy atom. The van der Waals surface area contributed by atoms with Crippen molar-refractivity contribution in [1.82, 2.24) is 5.32 Å². The lowest BCUT2D eigenvalue weighted by atomic mass is 10.1. The van der Waals surface area contributed by atoms with Gasteiger partial charge in [-0.3, -0.25) is 4.79 Å². The molecule has 0 heterocycles. The van der Waals surface area contributed by atoms with Crippen LogP contribution in [-0.2, 0) is 4.79 Å². The van der Waals surface area contributed by atoms with E-state index in [1.54, 1.807) is 7.05 Å². The molecule has 0 saturated carbocycles. The van der Waals surface area contributed by atoms with Crippen molar-refractivity contribution in [3.05, 3.63) is 0 Å². The van der Waals surface area contributed by atoms with Gasteiger partial charge in [-0.2, -0.15) is 0 Å². The predicted molar refractivity (Wildman–Crippen MR) is 76.6 cm³/mol. The topological polar surface area (TPSA) is 49.3 Å². The van der Waals surface area contributed by atoms with Gasteiger partial charge in [0.15, 0.2) is 0 Å². The Kier molecular flexibility index (Phi) is 14.0. The van der Waals surface area contributed by atoms with Gasteiger partial charge in [-0.15, -0.1) is 0 Å². The minimum Gasteiger partial charge on any atom is -0.396 e. The molecule has 0 aromatic rings. The maximum Gasteiger partial charge on any atom is 0.219 e. The number of rotatable bonds is 13. The fourth-order valence-electron chi connectivity index (χ4n) is 2.11. The summed E-state index contributed by atoms with van der Waals surface area (Å²) < 4.78 is 0. The Morgan fingerprint density at radius 3 is 1.56 bits per heavy atom. The fraction of sp³-hybridized carbons (Fsp3) is 0.933. The van der Waals surface area contributed by atoms with Crippen LogP contribution in [0.4, 0.5) is 0 Å². The second-order valence-corrected chi connectivity index (χ2v) is 5.04. The zero-order valence-corrected chi connectivity index (χ0v) is 12.0. The summed E-state index contributed by atoms with van der Waals surface area (Å²) in [6, 6.07) is 0. The summed E-state index contributed by atoms with van der Waals surface area (Å²) in [6.45, 7) is 0.343. The molecule has 0 unspecified atom stereocenters.